The highest BCUT2D eigenvalue weighted by Crippen LogP contribution is 2.20. The molecule has 44 heavy (non-hydrogen) atoms. The molecule has 10 heteroatoms. The molecule has 0 fully saturated rings. The van der Waals surface area contributed by atoms with E-state index in [1.807, 2.05) is 58.0 Å². The maximum atomic E-state index is 11.3. The summed E-state index contributed by atoms with van der Waals surface area (Å²) in [5.41, 5.74) is 1.00. The molecule has 1 amide bonds. The molecule has 3 rings (SSSR count). The van der Waals surface area contributed by atoms with Crippen LogP contribution in [0.5, 0.6) is 17.6 Å². The number of ether oxygens (including phenoxy) is 4. The number of methoxy groups -OCH3 is 1. The molecular formula is C34H53ClN4O5. The maximum absolute atomic E-state index is 11.3. The van der Waals surface area contributed by atoms with Crippen LogP contribution in [0.4, 0.5) is 10.5 Å². The van der Waals surface area contributed by atoms with Crippen molar-refractivity contribution in [1.82, 2.24) is 15.0 Å². The van der Waals surface area contributed by atoms with Gasteiger partial charge < -0.3 is 18.9 Å². The quantitative estimate of drug-likeness (QED) is 0.275. The number of hydrogen-bond donors (Lipinski definition) is 1. The fourth-order valence-electron chi connectivity index (χ4n) is 2.70. The molecule has 0 unspecified atom stereocenters. The van der Waals surface area contributed by atoms with Crippen LogP contribution in [0.15, 0.2) is 54.7 Å². The van der Waals surface area contributed by atoms with Gasteiger partial charge in [-0.2, -0.15) is 9.97 Å². The lowest BCUT2D eigenvalue weighted by atomic mass is 9.99. The smallest absolute Gasteiger partial charge is 0.411 e. The molecule has 0 saturated carbocycles. The van der Waals surface area contributed by atoms with E-state index in [-0.39, 0.29) is 23.7 Å². The minimum absolute atomic E-state index is 0. The van der Waals surface area contributed by atoms with E-state index in [9.17, 15) is 4.79 Å². The zero-order valence-electron chi connectivity index (χ0n) is 27.6. The van der Waals surface area contributed by atoms with Crippen LogP contribution >= 0.6 is 11.6 Å². The van der Waals surface area contributed by atoms with Crippen molar-refractivity contribution in [3.05, 3.63) is 65.6 Å². The predicted octanol–water partition coefficient (Wildman–Crippen LogP) is 9.30. The van der Waals surface area contributed by atoms with Gasteiger partial charge in [0.2, 0.25) is 17.6 Å². The molecule has 3 aromatic rings. The third kappa shape index (κ3) is 21.2. The van der Waals surface area contributed by atoms with Gasteiger partial charge in [-0.25, -0.2) is 9.78 Å². The average molecular weight is 633 g/mol. The fraction of sp³-hybridized carbons (Fsp3) is 0.529. The molecule has 9 nitrogen and oxygen atoms in total. The fourth-order valence-corrected chi connectivity index (χ4v) is 2.84. The number of hydrogen-bond acceptors (Lipinski definition) is 8. The van der Waals surface area contributed by atoms with E-state index in [2.05, 4.69) is 61.8 Å². The van der Waals surface area contributed by atoms with Gasteiger partial charge in [0.05, 0.1) is 33.0 Å². The number of benzene rings is 1. The van der Waals surface area contributed by atoms with Gasteiger partial charge in [-0.1, -0.05) is 99.5 Å². The van der Waals surface area contributed by atoms with Gasteiger partial charge >= 0.3 is 6.09 Å². The van der Waals surface area contributed by atoms with E-state index < -0.39 is 6.09 Å². The molecule has 0 aliphatic rings. The van der Waals surface area contributed by atoms with E-state index in [4.69, 9.17) is 30.5 Å². The summed E-state index contributed by atoms with van der Waals surface area (Å²) in [5.74, 6) is 2.33. The monoisotopic (exact) mass is 632 g/mol. The first-order valence-corrected chi connectivity index (χ1v) is 14.5. The number of carbonyl (C=O) groups is 1. The Bertz CT molecular complexity index is 1240. The second-order valence-corrected chi connectivity index (χ2v) is 13.9. The van der Waals surface area contributed by atoms with Gasteiger partial charge in [0, 0.05) is 23.0 Å². The highest BCUT2D eigenvalue weighted by Gasteiger charge is 2.14. The largest absolute Gasteiger partial charge is 0.481 e. The lowest BCUT2D eigenvalue weighted by Gasteiger charge is -2.18. The summed E-state index contributed by atoms with van der Waals surface area (Å²) in [6, 6.07) is 14.4. The number of nitrogens with one attached hydrogen (secondary N) is 1. The van der Waals surface area contributed by atoms with Crippen molar-refractivity contribution in [2.75, 3.05) is 32.2 Å². The first-order chi connectivity index (χ1) is 19.8. The third-order valence-electron chi connectivity index (χ3n) is 4.66. The number of aryl methyl sites for hydroxylation is 1. The summed E-state index contributed by atoms with van der Waals surface area (Å²) in [5, 5.41) is 3.31. The second kappa shape index (κ2) is 18.9. The Kier molecular flexibility index (Phi) is 17.4. The molecule has 2 aromatic heterocycles. The van der Waals surface area contributed by atoms with Crippen LogP contribution < -0.4 is 19.5 Å². The van der Waals surface area contributed by atoms with E-state index >= 15 is 0 Å². The number of rotatable bonds is 7. The average Bonchev–Trinajstić information content (AvgIpc) is 2.90. The first-order valence-electron chi connectivity index (χ1n) is 14.1. The number of carbonyl (C=O) groups excluding carboxylic acids is 1. The van der Waals surface area contributed by atoms with Crippen molar-refractivity contribution in [3.63, 3.8) is 0 Å². The molecule has 2 heterocycles. The lowest BCUT2D eigenvalue weighted by Crippen LogP contribution is -2.21. The Morgan fingerprint density at radius 1 is 0.773 bits per heavy atom. The van der Waals surface area contributed by atoms with E-state index in [1.165, 1.54) is 0 Å². The Morgan fingerprint density at radius 3 is 1.80 bits per heavy atom. The summed E-state index contributed by atoms with van der Waals surface area (Å²) < 4.78 is 21.1. The second-order valence-electron chi connectivity index (χ2n) is 13.4. The van der Waals surface area contributed by atoms with Crippen molar-refractivity contribution >= 4 is 23.4 Å². The van der Waals surface area contributed by atoms with Gasteiger partial charge in [0.25, 0.3) is 0 Å². The molecule has 246 valence electrons. The van der Waals surface area contributed by atoms with Crippen LogP contribution in [-0.2, 0) is 4.74 Å². The van der Waals surface area contributed by atoms with Gasteiger partial charge in [0.15, 0.2) is 0 Å². The maximum Gasteiger partial charge on any atom is 0.411 e. The normalized spacial score (nSPS) is 10.9. The zero-order valence-corrected chi connectivity index (χ0v) is 28.3. The summed E-state index contributed by atoms with van der Waals surface area (Å²) in [6.45, 7) is 22.2. The number of halogens is 1. The first kappa shape index (κ1) is 40.4. The highest BCUT2D eigenvalue weighted by molar-refractivity contribution is 6.30. The molecule has 0 saturated heterocycles. The molecule has 0 spiro atoms. The number of amides is 1. The molecular weight excluding hydrogens is 580 g/mol. The van der Waals surface area contributed by atoms with E-state index in [0.29, 0.717) is 48.3 Å². The molecule has 1 N–H and O–H groups in total. The number of aromatic nitrogens is 3. The van der Waals surface area contributed by atoms with Crippen LogP contribution in [0, 0.1) is 23.2 Å². The van der Waals surface area contributed by atoms with Gasteiger partial charge in [-0.15, -0.1) is 0 Å². The van der Waals surface area contributed by atoms with E-state index in [0.717, 1.165) is 5.69 Å². The number of anilines is 1. The van der Waals surface area contributed by atoms with Crippen LogP contribution in [-0.4, -0.2) is 48.0 Å². The summed E-state index contributed by atoms with van der Waals surface area (Å²) in [6.07, 6.45) is 1.23. The standard InChI is InChI=1S/C12H17NO2.C11H18N2O2.C10H14ClNO.CH4/c1-12(2,3)9-15-11(14)13-10-7-5-4-6-8-10;1-8-12-9(14-5)6-10(13-8)15-7-11(2,3)4;1-10(2,3)7-13-9-6-8(11)4-5-12-9;/h4-8H,9H2,1-3H3,(H,13,14);6H,7H2,1-5H3;4-6H,7H2,1-3H3;1H4. The minimum Gasteiger partial charge on any atom is -0.481 e. The molecule has 1 aromatic carbocycles. The van der Waals surface area contributed by atoms with Gasteiger partial charge in [0.1, 0.15) is 5.82 Å². The molecule has 0 aliphatic carbocycles. The van der Waals surface area contributed by atoms with Gasteiger partial charge in [-0.3, -0.25) is 5.32 Å². The number of nitrogens with zero attached hydrogens (tertiary/aromatic N) is 3. The van der Waals surface area contributed by atoms with Crippen LogP contribution in [0.3, 0.4) is 0 Å². The topological polar surface area (TPSA) is 105 Å². The van der Waals surface area contributed by atoms with Crippen molar-refractivity contribution in [3.8, 4) is 17.6 Å². The Morgan fingerprint density at radius 2 is 1.30 bits per heavy atom. The minimum atomic E-state index is -0.406. The van der Waals surface area contributed by atoms with Crippen molar-refractivity contribution < 1.29 is 23.7 Å². The molecule has 0 bridgehead atoms. The van der Waals surface area contributed by atoms with Crippen LogP contribution in [0.2, 0.25) is 5.02 Å². The predicted molar refractivity (Wildman–Crippen MR) is 180 cm³/mol. The third-order valence-corrected chi connectivity index (χ3v) is 4.89. The Labute approximate surface area is 270 Å². The Hall–Kier alpha value is -3.59. The van der Waals surface area contributed by atoms with Gasteiger partial charge in [-0.05, 0) is 41.4 Å². The molecule has 0 radical (unpaired) electrons. The molecule has 0 aliphatic heterocycles. The number of para-hydroxylation sites is 1. The van der Waals surface area contributed by atoms with Crippen molar-refractivity contribution in [2.24, 2.45) is 16.2 Å². The Balaban J connectivity index is 0.000000625. The summed E-state index contributed by atoms with van der Waals surface area (Å²) in [7, 11) is 1.58. The zero-order chi connectivity index (χ0) is 32.7. The lowest BCUT2D eigenvalue weighted by molar-refractivity contribution is 0.118. The summed E-state index contributed by atoms with van der Waals surface area (Å²) in [4.78, 5) is 23.6. The van der Waals surface area contributed by atoms with Crippen LogP contribution in [0.1, 0.15) is 75.6 Å². The van der Waals surface area contributed by atoms with E-state index in [1.54, 1.807) is 31.5 Å². The van der Waals surface area contributed by atoms with Crippen LogP contribution in [0.25, 0.3) is 0 Å². The summed E-state index contributed by atoms with van der Waals surface area (Å²) >= 11 is 5.77. The SMILES string of the molecule is C.CC(C)(C)COC(=O)Nc1ccccc1.CC(C)(C)COc1cc(Cl)ccn1.COc1cc(OCC(C)(C)C)nc(C)n1. The molecule has 0 atom stereocenters. The number of pyridine rings is 1. The van der Waals surface area contributed by atoms with Crippen molar-refractivity contribution in [1.29, 1.82) is 0 Å². The highest BCUT2D eigenvalue weighted by atomic mass is 35.5. The van der Waals surface area contributed by atoms with Crippen molar-refractivity contribution in [2.45, 2.75) is 76.7 Å².